The van der Waals surface area contributed by atoms with E-state index in [1.165, 1.54) is 13.8 Å². The summed E-state index contributed by atoms with van der Waals surface area (Å²) in [6.07, 6.45) is 2.09. The number of aliphatic hydroxyl groups excluding tert-OH is 2. The van der Waals surface area contributed by atoms with Crippen LogP contribution in [-0.4, -0.2) is 33.4 Å². The molecule has 0 aromatic carbocycles. The van der Waals surface area contributed by atoms with Gasteiger partial charge in [-0.3, -0.25) is 0 Å². The molecule has 0 unspecified atom stereocenters. The van der Waals surface area contributed by atoms with Crippen molar-refractivity contribution < 1.29 is 46.3 Å². The molecule has 0 aliphatic rings. The molecular weight excluding hydrogens is 352 g/mol. The molecule has 0 aromatic heterocycles. The molecule has 0 aromatic rings. The van der Waals surface area contributed by atoms with Gasteiger partial charge in [-0.05, 0) is 55.4 Å². The number of carbonyl (C=O) groups is 2. The number of hydrogen-bond donors (Lipinski definition) is 2. The van der Waals surface area contributed by atoms with E-state index in [9.17, 15) is 9.59 Å². The van der Waals surface area contributed by atoms with E-state index < -0.39 is 23.1 Å². The van der Waals surface area contributed by atoms with E-state index in [1.807, 2.05) is 0 Å². The summed E-state index contributed by atoms with van der Waals surface area (Å²) < 4.78 is 9.75. The summed E-state index contributed by atoms with van der Waals surface area (Å²) in [6.45, 7) is 13.5. The minimum atomic E-state index is -0.516. The van der Waals surface area contributed by atoms with Gasteiger partial charge in [0.15, 0.2) is 0 Å². The first-order chi connectivity index (χ1) is 9.62. The number of carbonyl (C=O) groups excluding carboxylic acids is 2. The van der Waals surface area contributed by atoms with Crippen molar-refractivity contribution in [2.45, 2.75) is 66.6 Å². The minimum absolute atomic E-state index is 0. The number of aliphatic hydroxyl groups is 2. The van der Waals surface area contributed by atoms with Crippen LogP contribution in [0, 0.1) is 0 Å². The summed E-state index contributed by atoms with van der Waals surface area (Å²) in [5.74, 6) is -1.12. The quantitative estimate of drug-likeness (QED) is 0.329. The zero-order valence-electron chi connectivity index (χ0n) is 15.0. The monoisotopic (exact) mass is 379 g/mol. The normalized spacial score (nSPS) is 12.3. The van der Waals surface area contributed by atoms with E-state index in [2.05, 4.69) is 0 Å². The van der Waals surface area contributed by atoms with Crippen LogP contribution in [0.1, 0.15) is 55.4 Å². The van der Waals surface area contributed by atoms with Gasteiger partial charge in [0.05, 0.1) is 23.7 Å². The fraction of sp³-hybridized carbons (Fsp3) is 0.625. The molecule has 0 spiro atoms. The van der Waals surface area contributed by atoms with E-state index in [0.717, 1.165) is 12.2 Å². The summed E-state index contributed by atoms with van der Waals surface area (Å²) in [7, 11) is 0. The maximum atomic E-state index is 10.8. The van der Waals surface area contributed by atoms with Crippen LogP contribution in [0.3, 0.4) is 0 Å². The molecule has 0 rings (SSSR count). The van der Waals surface area contributed by atoms with Gasteiger partial charge in [0, 0.05) is 17.1 Å². The first-order valence-electron chi connectivity index (χ1n) is 6.83. The summed E-state index contributed by atoms with van der Waals surface area (Å²) in [4.78, 5) is 21.6. The Hall–Kier alpha value is -1.46. The smallest absolute Gasteiger partial charge is 0.334 e. The van der Waals surface area contributed by atoms with Crippen LogP contribution < -0.4 is 0 Å². The molecule has 0 heterocycles. The van der Waals surface area contributed by atoms with Gasteiger partial charge in [0.1, 0.15) is 11.2 Å². The second-order valence-electron chi connectivity index (χ2n) is 6.64. The maximum absolute atomic E-state index is 10.8. The van der Waals surface area contributed by atoms with Gasteiger partial charge in [-0.15, -0.1) is 0 Å². The van der Waals surface area contributed by atoms with Crippen LogP contribution >= 0.6 is 0 Å². The van der Waals surface area contributed by atoms with Gasteiger partial charge in [-0.2, -0.15) is 0 Å². The van der Waals surface area contributed by atoms with Crippen LogP contribution in [0.4, 0.5) is 0 Å². The van der Waals surface area contributed by atoms with Crippen molar-refractivity contribution in [2.24, 2.45) is 0 Å². The number of ether oxygens (including phenoxy) is 2. The molecule has 139 valence electrons. The van der Waals surface area contributed by atoms with Gasteiger partial charge in [0.2, 0.25) is 0 Å². The number of esters is 2. The van der Waals surface area contributed by atoms with E-state index in [4.69, 9.17) is 19.7 Å². The Labute approximate surface area is 149 Å². The fourth-order valence-electron chi connectivity index (χ4n) is 1.00. The van der Waals surface area contributed by atoms with Crippen molar-refractivity contribution in [1.29, 1.82) is 0 Å². The van der Waals surface area contributed by atoms with Crippen LogP contribution in [0.15, 0.2) is 23.7 Å². The molecule has 0 amide bonds. The second kappa shape index (κ2) is 11.1. The Morgan fingerprint density at radius 2 is 0.957 bits per heavy atom. The SMILES string of the molecule is C/C(O)=C/C(=O)OC(C)(C)C.C/C(O)=C/C(=O)OC(C)(C)C.[Cu]. The summed E-state index contributed by atoms with van der Waals surface area (Å²) >= 11 is 0. The molecule has 0 aliphatic carbocycles. The predicted octanol–water partition coefficient (Wildman–Crippen LogP) is 3.58. The molecule has 1 radical (unpaired) electrons. The third-order valence-corrected chi connectivity index (χ3v) is 1.47. The zero-order chi connectivity index (χ0) is 18.1. The van der Waals surface area contributed by atoms with Gasteiger partial charge in [-0.25, -0.2) is 9.59 Å². The van der Waals surface area contributed by atoms with Gasteiger partial charge in [-0.1, -0.05) is 0 Å². The van der Waals surface area contributed by atoms with E-state index >= 15 is 0 Å². The molecule has 2 N–H and O–H groups in total. The third kappa shape index (κ3) is 25.8. The predicted molar refractivity (Wildman–Crippen MR) is 84.5 cm³/mol. The van der Waals surface area contributed by atoms with Gasteiger partial charge in [0.25, 0.3) is 0 Å². The van der Waals surface area contributed by atoms with E-state index in [0.29, 0.717) is 0 Å². The van der Waals surface area contributed by atoms with Crippen LogP contribution in [0.2, 0.25) is 0 Å². The van der Waals surface area contributed by atoms with Gasteiger partial charge >= 0.3 is 11.9 Å². The molecule has 0 aliphatic heterocycles. The largest absolute Gasteiger partial charge is 0.512 e. The molecule has 0 bridgehead atoms. The minimum Gasteiger partial charge on any atom is -0.512 e. The zero-order valence-corrected chi connectivity index (χ0v) is 15.9. The van der Waals surface area contributed by atoms with Crippen LogP contribution in [0.25, 0.3) is 0 Å². The van der Waals surface area contributed by atoms with Crippen molar-refractivity contribution in [3.63, 3.8) is 0 Å². The van der Waals surface area contributed by atoms with Crippen molar-refractivity contribution in [3.05, 3.63) is 23.7 Å². The van der Waals surface area contributed by atoms with Crippen molar-refractivity contribution >= 4 is 11.9 Å². The van der Waals surface area contributed by atoms with E-state index in [1.54, 1.807) is 41.5 Å². The van der Waals surface area contributed by atoms with Crippen LogP contribution in [0.5, 0.6) is 0 Å². The Morgan fingerprint density at radius 1 is 0.739 bits per heavy atom. The standard InChI is InChI=1S/2C8H14O3.Cu/c2*1-6(9)5-7(10)11-8(2,3)4;/h2*5,9H,1-4H3;/b2*6-5-;. The molecule has 0 atom stereocenters. The topological polar surface area (TPSA) is 93.1 Å². The maximum Gasteiger partial charge on any atom is 0.334 e. The molecule has 0 saturated heterocycles. The van der Waals surface area contributed by atoms with E-state index in [-0.39, 0.29) is 28.6 Å². The Balaban J connectivity index is -0.000000333. The number of hydrogen-bond acceptors (Lipinski definition) is 6. The van der Waals surface area contributed by atoms with Gasteiger partial charge < -0.3 is 19.7 Å². The molecule has 0 fully saturated rings. The molecule has 23 heavy (non-hydrogen) atoms. The number of allylic oxidation sites excluding steroid dienone is 2. The Morgan fingerprint density at radius 3 is 1.09 bits per heavy atom. The number of rotatable bonds is 2. The summed E-state index contributed by atoms with van der Waals surface area (Å²) in [5.41, 5.74) is -0.994. The van der Waals surface area contributed by atoms with Crippen molar-refractivity contribution in [1.82, 2.24) is 0 Å². The van der Waals surface area contributed by atoms with Crippen LogP contribution in [-0.2, 0) is 36.1 Å². The third-order valence-electron chi connectivity index (χ3n) is 1.47. The Kier molecular flexibility index (Phi) is 12.8. The average Bonchev–Trinajstić information content (AvgIpc) is 2.07. The summed E-state index contributed by atoms with van der Waals surface area (Å²) in [6, 6.07) is 0. The van der Waals surface area contributed by atoms with Crippen molar-refractivity contribution in [2.75, 3.05) is 0 Å². The second-order valence-corrected chi connectivity index (χ2v) is 6.64. The van der Waals surface area contributed by atoms with Crippen molar-refractivity contribution in [3.8, 4) is 0 Å². The molecule has 6 nitrogen and oxygen atoms in total. The summed E-state index contributed by atoms with van der Waals surface area (Å²) in [5, 5.41) is 17.4. The Bertz CT molecular complexity index is 388. The molecule has 0 saturated carbocycles. The first kappa shape index (κ1) is 26.4. The first-order valence-corrected chi connectivity index (χ1v) is 6.83. The molecule has 7 heteroatoms. The molecular formula is C16H28CuO6. The fourth-order valence-corrected chi connectivity index (χ4v) is 1.00. The average molecular weight is 380 g/mol.